The minimum absolute atomic E-state index is 0.0493. The van der Waals surface area contributed by atoms with Crippen molar-refractivity contribution >= 4 is 17.5 Å². The van der Waals surface area contributed by atoms with Gasteiger partial charge in [0.2, 0.25) is 5.95 Å². The van der Waals surface area contributed by atoms with Crippen molar-refractivity contribution in [1.29, 1.82) is 0 Å². The Hall–Kier alpha value is -3.61. The maximum atomic E-state index is 15.5. The number of rotatable bonds is 8. The lowest BCUT2D eigenvalue weighted by Gasteiger charge is -2.46. The molecular formula is C38H51F2N5O5. The number of halogens is 2. The molecule has 0 aliphatic carbocycles. The molecule has 0 unspecified atom stereocenters. The maximum absolute atomic E-state index is 15.5. The van der Waals surface area contributed by atoms with Crippen molar-refractivity contribution in [3.63, 3.8) is 0 Å². The molecule has 272 valence electrons. The van der Waals surface area contributed by atoms with Gasteiger partial charge in [-0.1, -0.05) is 19.9 Å². The lowest BCUT2D eigenvalue weighted by molar-refractivity contribution is -0.0557. The van der Waals surface area contributed by atoms with Gasteiger partial charge in [0.1, 0.15) is 22.8 Å². The second-order valence-electron chi connectivity index (χ2n) is 15.5. The van der Waals surface area contributed by atoms with E-state index in [9.17, 15) is 14.0 Å². The number of imidazole rings is 1. The summed E-state index contributed by atoms with van der Waals surface area (Å²) in [6.07, 6.45) is 3.36. The first-order chi connectivity index (χ1) is 23.7. The fraction of sp³-hybridized carbons (Fsp3) is 0.605. The molecule has 1 aromatic carbocycles. The van der Waals surface area contributed by atoms with E-state index in [2.05, 4.69) is 23.7 Å². The SMILES string of the molecule is Cc1nc(F)c2c(-c3ccc(F)cc3C(=O)N3CCOC[C@H]3C)cc(C3CN([C@H](CO[C@@H]4CCCN(C(=O)OC(C)(C)C)C4)C(C)C)C3)cn12. The van der Waals surface area contributed by atoms with E-state index in [-0.39, 0.29) is 47.2 Å². The van der Waals surface area contributed by atoms with Crippen molar-refractivity contribution < 1.29 is 32.6 Å². The Bertz CT molecular complexity index is 1720. The number of piperidine rings is 1. The zero-order valence-corrected chi connectivity index (χ0v) is 30.4. The molecule has 6 rings (SSSR count). The summed E-state index contributed by atoms with van der Waals surface area (Å²) in [5.74, 6) is -0.489. The molecule has 12 heteroatoms. The van der Waals surface area contributed by atoms with Crippen molar-refractivity contribution in [2.24, 2.45) is 5.92 Å². The largest absolute Gasteiger partial charge is 0.444 e. The summed E-state index contributed by atoms with van der Waals surface area (Å²) in [4.78, 5) is 36.6. The van der Waals surface area contributed by atoms with Crippen molar-refractivity contribution in [3.8, 4) is 11.1 Å². The van der Waals surface area contributed by atoms with Crippen LogP contribution < -0.4 is 0 Å². The third-order valence-corrected chi connectivity index (χ3v) is 10.2. The minimum Gasteiger partial charge on any atom is -0.444 e. The third kappa shape index (κ3) is 7.67. The van der Waals surface area contributed by atoms with E-state index in [4.69, 9.17) is 14.2 Å². The van der Waals surface area contributed by atoms with Gasteiger partial charge in [0.15, 0.2) is 0 Å². The summed E-state index contributed by atoms with van der Waals surface area (Å²) >= 11 is 0. The number of likely N-dealkylation sites (tertiary alicyclic amines) is 2. The van der Waals surface area contributed by atoms with Crippen LogP contribution in [0.2, 0.25) is 0 Å². The van der Waals surface area contributed by atoms with Crippen molar-refractivity contribution in [3.05, 3.63) is 59.2 Å². The predicted octanol–water partition coefficient (Wildman–Crippen LogP) is 6.29. The molecule has 0 N–H and O–H groups in total. The smallest absolute Gasteiger partial charge is 0.410 e. The van der Waals surface area contributed by atoms with E-state index in [0.29, 0.717) is 62.3 Å². The average Bonchev–Trinajstić information content (AvgIpc) is 3.33. The summed E-state index contributed by atoms with van der Waals surface area (Å²) in [6.45, 7) is 18.2. The Kier molecular flexibility index (Phi) is 10.5. The van der Waals surface area contributed by atoms with Gasteiger partial charge >= 0.3 is 6.09 Å². The summed E-state index contributed by atoms with van der Waals surface area (Å²) in [5, 5.41) is 0. The lowest BCUT2D eigenvalue weighted by Crippen LogP contribution is -2.55. The molecule has 3 aliphatic heterocycles. The first-order valence-electron chi connectivity index (χ1n) is 17.9. The molecule has 0 spiro atoms. The number of benzene rings is 1. The number of carbonyl (C=O) groups excluding carboxylic acids is 2. The number of nitrogens with zero attached hydrogens (tertiary/aromatic N) is 5. The Morgan fingerprint density at radius 2 is 1.84 bits per heavy atom. The van der Waals surface area contributed by atoms with E-state index in [1.165, 1.54) is 12.1 Å². The second-order valence-corrected chi connectivity index (χ2v) is 15.5. The quantitative estimate of drug-likeness (QED) is 0.274. The number of morpholine rings is 1. The maximum Gasteiger partial charge on any atom is 0.410 e. The number of amides is 2. The van der Waals surface area contributed by atoms with Crippen molar-refractivity contribution in [1.82, 2.24) is 24.1 Å². The van der Waals surface area contributed by atoms with Crippen LogP contribution in [0, 0.1) is 24.6 Å². The highest BCUT2D eigenvalue weighted by atomic mass is 19.1. The van der Waals surface area contributed by atoms with E-state index >= 15 is 4.39 Å². The monoisotopic (exact) mass is 695 g/mol. The molecule has 50 heavy (non-hydrogen) atoms. The van der Waals surface area contributed by atoms with Gasteiger partial charge in [-0.2, -0.15) is 4.39 Å². The highest BCUT2D eigenvalue weighted by Crippen LogP contribution is 2.38. The number of pyridine rings is 1. The molecule has 3 aliphatic rings. The second kappa shape index (κ2) is 14.6. The van der Waals surface area contributed by atoms with Crippen LogP contribution in [0.5, 0.6) is 0 Å². The summed E-state index contributed by atoms with van der Waals surface area (Å²) in [6, 6.07) is 6.09. The zero-order chi connectivity index (χ0) is 35.9. The number of aryl methyl sites for hydroxylation is 1. The van der Waals surface area contributed by atoms with Crippen LogP contribution in [0.25, 0.3) is 16.6 Å². The van der Waals surface area contributed by atoms with E-state index in [1.54, 1.807) is 27.2 Å². The molecule has 0 bridgehead atoms. The van der Waals surface area contributed by atoms with Crippen molar-refractivity contribution in [2.75, 3.05) is 52.5 Å². The Labute approximate surface area is 293 Å². The molecule has 3 saturated heterocycles. The molecular weight excluding hydrogens is 644 g/mol. The lowest BCUT2D eigenvalue weighted by atomic mass is 9.86. The fourth-order valence-corrected chi connectivity index (χ4v) is 7.39. The number of hydrogen-bond donors (Lipinski definition) is 0. The predicted molar refractivity (Wildman–Crippen MR) is 186 cm³/mol. The van der Waals surface area contributed by atoms with Crippen LogP contribution in [-0.2, 0) is 14.2 Å². The van der Waals surface area contributed by atoms with Crippen molar-refractivity contribution in [2.45, 2.75) is 91.0 Å². The first-order valence-corrected chi connectivity index (χ1v) is 17.9. The Morgan fingerprint density at radius 3 is 2.54 bits per heavy atom. The van der Waals surface area contributed by atoms with E-state index < -0.39 is 17.4 Å². The van der Waals surface area contributed by atoms with E-state index in [0.717, 1.165) is 31.5 Å². The summed E-state index contributed by atoms with van der Waals surface area (Å²) in [7, 11) is 0. The zero-order valence-electron chi connectivity index (χ0n) is 30.4. The molecule has 3 atom stereocenters. The number of fused-ring (bicyclic) bond motifs is 1. The molecule has 0 radical (unpaired) electrons. The van der Waals surface area contributed by atoms with Gasteiger partial charge < -0.3 is 28.4 Å². The van der Waals surface area contributed by atoms with Gasteiger partial charge in [0.05, 0.1) is 44.1 Å². The van der Waals surface area contributed by atoms with E-state index in [1.807, 2.05) is 40.0 Å². The van der Waals surface area contributed by atoms with Gasteiger partial charge in [-0.3, -0.25) is 9.69 Å². The third-order valence-electron chi connectivity index (χ3n) is 10.2. The van der Waals surface area contributed by atoms with Crippen LogP contribution in [0.3, 0.4) is 0 Å². The topological polar surface area (TPSA) is 88.9 Å². The fourth-order valence-electron chi connectivity index (χ4n) is 7.39. The first kappa shape index (κ1) is 36.2. The Balaban J connectivity index is 1.21. The van der Waals surface area contributed by atoms with Gasteiger partial charge in [-0.15, -0.1) is 0 Å². The number of ether oxygens (including phenoxy) is 3. The van der Waals surface area contributed by atoms with Crippen LogP contribution in [-0.4, -0.2) is 112 Å². The Morgan fingerprint density at radius 1 is 1.08 bits per heavy atom. The standard InChI is InChI=1S/C38H51F2N5O5/c1-23(2)33(22-49-29-9-8-12-42(20-29)37(47)50-38(5,6)7)43-17-27(18-43)26-15-31(34-35(40)41-25(4)45(34)19-26)30-11-10-28(39)16-32(30)36(46)44-13-14-48-21-24(44)3/h10-11,15-16,19,23-24,27,29,33H,8-9,12-14,17-18,20-22H2,1-7H3/t24-,29-,33-/m1/s1. The normalized spacial score (nSPS) is 21.5. The average molecular weight is 696 g/mol. The molecule has 0 saturated carbocycles. The molecule has 5 heterocycles. The highest BCUT2D eigenvalue weighted by molar-refractivity contribution is 6.03. The van der Waals surface area contributed by atoms with Gasteiger partial charge in [-0.25, -0.2) is 14.2 Å². The van der Waals surface area contributed by atoms with Gasteiger partial charge in [0, 0.05) is 49.9 Å². The van der Waals surface area contributed by atoms with Crippen LogP contribution in [0.4, 0.5) is 13.6 Å². The summed E-state index contributed by atoms with van der Waals surface area (Å²) in [5.41, 5.74) is 1.89. The molecule has 10 nitrogen and oxygen atoms in total. The molecule has 2 amide bonds. The van der Waals surface area contributed by atoms with Gasteiger partial charge in [0.25, 0.3) is 5.91 Å². The summed E-state index contributed by atoms with van der Waals surface area (Å²) < 4.78 is 49.5. The number of carbonyl (C=O) groups is 2. The highest BCUT2D eigenvalue weighted by Gasteiger charge is 2.37. The molecule has 2 aromatic heterocycles. The number of hydrogen-bond acceptors (Lipinski definition) is 7. The molecule has 3 fully saturated rings. The van der Waals surface area contributed by atoms with Gasteiger partial charge in [-0.05, 0) is 82.7 Å². The van der Waals surface area contributed by atoms with Crippen LogP contribution in [0.15, 0.2) is 30.5 Å². The molecule has 3 aromatic rings. The minimum atomic E-state index is -0.633. The van der Waals surface area contributed by atoms with Crippen LogP contribution in [0.1, 0.15) is 82.0 Å². The van der Waals surface area contributed by atoms with Crippen LogP contribution >= 0.6 is 0 Å². The number of aromatic nitrogens is 2.